The number of hydrogen-bond donors (Lipinski definition) is 0. The zero-order valence-corrected chi connectivity index (χ0v) is 10.5. The standard InChI is InChI=1S/C16H13FO2/c1-2-11-5-3-4-6-14(11)16(19)12-7-8-15(17)13(9-12)10-18/h3-10H,2H2,1H3. The van der Waals surface area contributed by atoms with Crippen LogP contribution in [0.4, 0.5) is 4.39 Å². The van der Waals surface area contributed by atoms with Crippen molar-refractivity contribution >= 4 is 12.1 Å². The van der Waals surface area contributed by atoms with E-state index in [1.165, 1.54) is 12.1 Å². The van der Waals surface area contributed by atoms with Gasteiger partial charge in [0.05, 0.1) is 5.56 Å². The molecule has 0 N–H and O–H groups in total. The smallest absolute Gasteiger partial charge is 0.193 e. The quantitative estimate of drug-likeness (QED) is 0.620. The van der Waals surface area contributed by atoms with Crippen molar-refractivity contribution in [2.24, 2.45) is 0 Å². The molecule has 0 aliphatic rings. The van der Waals surface area contributed by atoms with Crippen LogP contribution in [0.3, 0.4) is 0 Å². The molecule has 2 aromatic rings. The molecule has 0 aliphatic carbocycles. The molecule has 19 heavy (non-hydrogen) atoms. The summed E-state index contributed by atoms with van der Waals surface area (Å²) in [6, 6.07) is 11.1. The summed E-state index contributed by atoms with van der Waals surface area (Å²) in [4.78, 5) is 23.1. The van der Waals surface area contributed by atoms with E-state index in [9.17, 15) is 14.0 Å². The highest BCUT2D eigenvalue weighted by Crippen LogP contribution is 2.17. The molecule has 0 spiro atoms. The van der Waals surface area contributed by atoms with Gasteiger partial charge in [0.2, 0.25) is 0 Å². The molecule has 0 radical (unpaired) electrons. The van der Waals surface area contributed by atoms with Crippen LogP contribution in [-0.4, -0.2) is 12.1 Å². The zero-order valence-electron chi connectivity index (χ0n) is 10.5. The van der Waals surface area contributed by atoms with E-state index in [0.717, 1.165) is 18.1 Å². The monoisotopic (exact) mass is 256 g/mol. The van der Waals surface area contributed by atoms with E-state index in [-0.39, 0.29) is 11.3 Å². The molecular formula is C16H13FO2. The normalized spacial score (nSPS) is 10.2. The third kappa shape index (κ3) is 2.60. The predicted molar refractivity (Wildman–Crippen MR) is 71.0 cm³/mol. The first-order valence-electron chi connectivity index (χ1n) is 6.04. The van der Waals surface area contributed by atoms with Crippen molar-refractivity contribution in [2.75, 3.05) is 0 Å². The maximum atomic E-state index is 13.2. The summed E-state index contributed by atoms with van der Waals surface area (Å²) in [6.45, 7) is 1.97. The zero-order chi connectivity index (χ0) is 13.8. The number of rotatable bonds is 4. The van der Waals surface area contributed by atoms with Gasteiger partial charge >= 0.3 is 0 Å². The lowest BCUT2D eigenvalue weighted by molar-refractivity contribution is 0.103. The van der Waals surface area contributed by atoms with Gasteiger partial charge in [0.25, 0.3) is 0 Å². The van der Waals surface area contributed by atoms with Crippen LogP contribution in [0.25, 0.3) is 0 Å². The van der Waals surface area contributed by atoms with Gasteiger partial charge in [0.1, 0.15) is 5.82 Å². The number of ketones is 1. The third-order valence-electron chi connectivity index (χ3n) is 3.03. The highest BCUT2D eigenvalue weighted by molar-refractivity contribution is 6.10. The lowest BCUT2D eigenvalue weighted by Gasteiger charge is -2.07. The van der Waals surface area contributed by atoms with Crippen LogP contribution in [-0.2, 0) is 6.42 Å². The number of aldehydes is 1. The number of carbonyl (C=O) groups excluding carboxylic acids is 2. The van der Waals surface area contributed by atoms with Crippen molar-refractivity contribution in [3.8, 4) is 0 Å². The average molecular weight is 256 g/mol. The van der Waals surface area contributed by atoms with Gasteiger partial charge in [0.15, 0.2) is 12.1 Å². The van der Waals surface area contributed by atoms with E-state index in [1.807, 2.05) is 19.1 Å². The van der Waals surface area contributed by atoms with Crippen LogP contribution >= 0.6 is 0 Å². The van der Waals surface area contributed by atoms with Crippen LogP contribution < -0.4 is 0 Å². The topological polar surface area (TPSA) is 34.1 Å². The van der Waals surface area contributed by atoms with E-state index in [0.29, 0.717) is 17.4 Å². The van der Waals surface area contributed by atoms with Crippen molar-refractivity contribution in [2.45, 2.75) is 13.3 Å². The Balaban J connectivity index is 2.47. The maximum absolute atomic E-state index is 13.2. The van der Waals surface area contributed by atoms with E-state index < -0.39 is 5.82 Å². The lowest BCUT2D eigenvalue weighted by Crippen LogP contribution is -2.06. The van der Waals surface area contributed by atoms with E-state index in [4.69, 9.17) is 0 Å². The molecule has 96 valence electrons. The van der Waals surface area contributed by atoms with Crippen molar-refractivity contribution in [1.29, 1.82) is 0 Å². The van der Waals surface area contributed by atoms with Gasteiger partial charge in [-0.25, -0.2) is 4.39 Å². The van der Waals surface area contributed by atoms with Gasteiger partial charge in [-0.05, 0) is 30.2 Å². The summed E-state index contributed by atoms with van der Waals surface area (Å²) >= 11 is 0. The van der Waals surface area contributed by atoms with Gasteiger partial charge in [0, 0.05) is 11.1 Å². The predicted octanol–water partition coefficient (Wildman–Crippen LogP) is 3.43. The Morgan fingerprint density at radius 3 is 2.63 bits per heavy atom. The number of carbonyl (C=O) groups is 2. The fourth-order valence-electron chi connectivity index (χ4n) is 1.98. The molecular weight excluding hydrogens is 243 g/mol. The second-order valence-electron chi connectivity index (χ2n) is 4.19. The lowest BCUT2D eigenvalue weighted by atomic mass is 9.96. The van der Waals surface area contributed by atoms with Crippen molar-refractivity contribution in [1.82, 2.24) is 0 Å². The molecule has 2 aromatic carbocycles. The number of aryl methyl sites for hydroxylation is 1. The summed E-state index contributed by atoms with van der Waals surface area (Å²) in [5.74, 6) is -0.809. The molecule has 0 saturated carbocycles. The molecule has 0 amide bonds. The van der Waals surface area contributed by atoms with E-state index >= 15 is 0 Å². The Hall–Kier alpha value is -2.29. The molecule has 0 bridgehead atoms. The molecule has 0 atom stereocenters. The van der Waals surface area contributed by atoms with Gasteiger partial charge in [-0.3, -0.25) is 9.59 Å². The van der Waals surface area contributed by atoms with Crippen LogP contribution in [0.15, 0.2) is 42.5 Å². The van der Waals surface area contributed by atoms with Crippen LogP contribution in [0, 0.1) is 5.82 Å². The van der Waals surface area contributed by atoms with Gasteiger partial charge < -0.3 is 0 Å². The van der Waals surface area contributed by atoms with Crippen molar-refractivity contribution in [3.05, 3.63) is 70.5 Å². The largest absolute Gasteiger partial charge is 0.298 e. The molecule has 0 aromatic heterocycles. The Morgan fingerprint density at radius 1 is 1.21 bits per heavy atom. The van der Waals surface area contributed by atoms with Gasteiger partial charge in [-0.15, -0.1) is 0 Å². The Morgan fingerprint density at radius 2 is 1.95 bits per heavy atom. The first kappa shape index (κ1) is 13.1. The van der Waals surface area contributed by atoms with Crippen molar-refractivity contribution < 1.29 is 14.0 Å². The Labute approximate surface area is 110 Å². The molecule has 2 rings (SSSR count). The average Bonchev–Trinajstić information content (AvgIpc) is 2.47. The Bertz CT molecular complexity index is 632. The molecule has 0 fully saturated rings. The minimum absolute atomic E-state index is 0.0974. The minimum atomic E-state index is -0.615. The molecule has 0 unspecified atom stereocenters. The maximum Gasteiger partial charge on any atom is 0.193 e. The van der Waals surface area contributed by atoms with Crippen LogP contribution in [0.2, 0.25) is 0 Å². The van der Waals surface area contributed by atoms with Crippen molar-refractivity contribution in [3.63, 3.8) is 0 Å². The molecule has 3 heteroatoms. The van der Waals surface area contributed by atoms with E-state index in [1.54, 1.807) is 12.1 Å². The van der Waals surface area contributed by atoms with Crippen LogP contribution in [0.1, 0.15) is 38.8 Å². The van der Waals surface area contributed by atoms with Crippen LogP contribution in [0.5, 0.6) is 0 Å². The molecule has 0 saturated heterocycles. The SMILES string of the molecule is CCc1ccccc1C(=O)c1ccc(F)c(C=O)c1. The second kappa shape index (κ2) is 5.57. The molecule has 2 nitrogen and oxygen atoms in total. The summed E-state index contributed by atoms with van der Waals surface area (Å²) < 4.78 is 13.2. The highest BCUT2D eigenvalue weighted by atomic mass is 19.1. The van der Waals surface area contributed by atoms with E-state index in [2.05, 4.69) is 0 Å². The molecule has 0 heterocycles. The van der Waals surface area contributed by atoms with Gasteiger partial charge in [-0.1, -0.05) is 31.2 Å². The first-order valence-corrected chi connectivity index (χ1v) is 6.04. The first-order chi connectivity index (χ1) is 9.17. The number of benzene rings is 2. The Kier molecular flexibility index (Phi) is 3.85. The number of hydrogen-bond acceptors (Lipinski definition) is 2. The summed E-state index contributed by atoms with van der Waals surface area (Å²) in [5, 5.41) is 0. The minimum Gasteiger partial charge on any atom is -0.298 e. The summed E-state index contributed by atoms with van der Waals surface area (Å²) in [7, 11) is 0. The molecule has 0 aliphatic heterocycles. The van der Waals surface area contributed by atoms with Gasteiger partial charge in [-0.2, -0.15) is 0 Å². The third-order valence-corrected chi connectivity index (χ3v) is 3.03. The highest BCUT2D eigenvalue weighted by Gasteiger charge is 2.14. The summed E-state index contributed by atoms with van der Waals surface area (Å²) in [6.07, 6.45) is 1.15. The fraction of sp³-hybridized carbons (Fsp3) is 0.125. The second-order valence-corrected chi connectivity index (χ2v) is 4.19. The fourth-order valence-corrected chi connectivity index (χ4v) is 1.98. The summed E-state index contributed by atoms with van der Waals surface area (Å²) in [5.41, 5.74) is 1.75. The number of halogens is 1.